The molecule has 0 aliphatic rings. The lowest BCUT2D eigenvalue weighted by molar-refractivity contribution is 0.590. The number of anilines is 3. The fourth-order valence-electron chi connectivity index (χ4n) is 3.41. The van der Waals surface area contributed by atoms with Gasteiger partial charge < -0.3 is 4.90 Å². The molecule has 0 fully saturated rings. The highest BCUT2D eigenvalue weighted by Gasteiger charge is 2.17. The highest BCUT2D eigenvalue weighted by molar-refractivity contribution is 7.19. The lowest BCUT2D eigenvalue weighted by atomic mass is 9.87. The summed E-state index contributed by atoms with van der Waals surface area (Å²) >= 11 is 1.82. The SMILES string of the molecule is Bc1ccc(N(c2ccc(C(C)(C)C)cc2)c2ccc(-c3ccccc3)s2)cc1. The molecule has 0 saturated heterocycles. The number of rotatable bonds is 4. The van der Waals surface area contributed by atoms with Crippen LogP contribution in [-0.4, -0.2) is 7.85 Å². The van der Waals surface area contributed by atoms with E-state index < -0.39 is 0 Å². The fourth-order valence-corrected chi connectivity index (χ4v) is 4.47. The van der Waals surface area contributed by atoms with E-state index in [2.05, 4.69) is 125 Å². The summed E-state index contributed by atoms with van der Waals surface area (Å²) in [4.78, 5) is 3.63. The Bertz CT molecular complexity index is 1070. The van der Waals surface area contributed by atoms with Crippen LogP contribution in [0.2, 0.25) is 0 Å². The van der Waals surface area contributed by atoms with Crippen LogP contribution in [0.25, 0.3) is 10.4 Å². The van der Waals surface area contributed by atoms with Gasteiger partial charge in [0, 0.05) is 16.3 Å². The van der Waals surface area contributed by atoms with Gasteiger partial charge in [0.05, 0.1) is 0 Å². The van der Waals surface area contributed by atoms with Crippen molar-refractivity contribution in [2.24, 2.45) is 0 Å². The van der Waals surface area contributed by atoms with E-state index in [0.29, 0.717) is 0 Å². The molecule has 0 bridgehead atoms. The van der Waals surface area contributed by atoms with Crippen LogP contribution < -0.4 is 10.4 Å². The van der Waals surface area contributed by atoms with Crippen molar-refractivity contribution >= 4 is 41.0 Å². The van der Waals surface area contributed by atoms with Gasteiger partial charge in [-0.3, -0.25) is 0 Å². The van der Waals surface area contributed by atoms with E-state index in [1.807, 2.05) is 11.3 Å². The molecule has 0 aliphatic heterocycles. The first-order valence-electron chi connectivity index (χ1n) is 10.0. The second kappa shape index (κ2) is 7.92. The van der Waals surface area contributed by atoms with Crippen molar-refractivity contribution in [2.45, 2.75) is 26.2 Å². The molecule has 0 saturated carbocycles. The maximum Gasteiger partial charge on any atom is 0.139 e. The first-order valence-corrected chi connectivity index (χ1v) is 10.9. The van der Waals surface area contributed by atoms with E-state index in [9.17, 15) is 0 Å². The molecule has 4 aromatic rings. The molecule has 29 heavy (non-hydrogen) atoms. The monoisotopic (exact) mass is 395 g/mol. The minimum atomic E-state index is 0.149. The molecule has 0 atom stereocenters. The molecule has 4 rings (SSSR count). The van der Waals surface area contributed by atoms with Gasteiger partial charge in [-0.1, -0.05) is 80.8 Å². The molecule has 0 aliphatic carbocycles. The average Bonchev–Trinajstić information content (AvgIpc) is 3.20. The fraction of sp³-hybridized carbons (Fsp3) is 0.154. The highest BCUT2D eigenvalue weighted by Crippen LogP contribution is 2.41. The molecule has 0 N–H and O–H groups in total. The molecular formula is C26H26BNS. The van der Waals surface area contributed by atoms with E-state index in [-0.39, 0.29) is 5.41 Å². The van der Waals surface area contributed by atoms with Gasteiger partial charge in [-0.25, -0.2) is 0 Å². The van der Waals surface area contributed by atoms with Crippen molar-refractivity contribution in [2.75, 3.05) is 4.90 Å². The standard InChI is InChI=1S/C26H26BNS/c1-26(2,3)20-9-13-22(14-10-20)28(23-15-11-21(27)12-16-23)25-18-17-24(29-25)19-7-5-4-6-8-19/h4-18H,27H2,1-3H3. The Morgan fingerprint density at radius 2 is 1.28 bits per heavy atom. The van der Waals surface area contributed by atoms with Crippen LogP contribution in [0.15, 0.2) is 91.0 Å². The second-order valence-corrected chi connectivity index (χ2v) is 9.53. The van der Waals surface area contributed by atoms with Gasteiger partial charge in [-0.15, -0.1) is 11.3 Å². The lowest BCUT2D eigenvalue weighted by Crippen LogP contribution is -2.13. The molecule has 3 heteroatoms. The van der Waals surface area contributed by atoms with E-state index in [1.165, 1.54) is 37.8 Å². The van der Waals surface area contributed by atoms with Gasteiger partial charge in [-0.2, -0.15) is 0 Å². The molecule has 1 heterocycles. The predicted octanol–water partition coefficient (Wildman–Crippen LogP) is 6.44. The van der Waals surface area contributed by atoms with Crippen molar-refractivity contribution in [3.05, 3.63) is 96.6 Å². The second-order valence-electron chi connectivity index (χ2n) is 8.47. The molecule has 0 amide bonds. The summed E-state index contributed by atoms with van der Waals surface area (Å²) in [5, 5.41) is 1.22. The van der Waals surface area contributed by atoms with Crippen LogP contribution in [0.4, 0.5) is 16.4 Å². The average molecular weight is 395 g/mol. The van der Waals surface area contributed by atoms with Crippen LogP contribution >= 0.6 is 11.3 Å². The quantitative estimate of drug-likeness (QED) is 0.360. The summed E-state index contributed by atoms with van der Waals surface area (Å²) in [5.41, 5.74) is 6.39. The van der Waals surface area contributed by atoms with Gasteiger partial charge in [0.2, 0.25) is 0 Å². The van der Waals surface area contributed by atoms with Crippen LogP contribution in [-0.2, 0) is 5.41 Å². The van der Waals surface area contributed by atoms with Crippen LogP contribution in [0.3, 0.4) is 0 Å². The van der Waals surface area contributed by atoms with Gasteiger partial charge in [0.25, 0.3) is 0 Å². The summed E-state index contributed by atoms with van der Waals surface area (Å²) in [6, 6.07) is 32.8. The van der Waals surface area contributed by atoms with Crippen molar-refractivity contribution < 1.29 is 0 Å². The summed E-state index contributed by atoms with van der Waals surface area (Å²) < 4.78 is 0. The molecule has 1 aromatic heterocycles. The minimum Gasteiger partial charge on any atom is -0.302 e. The normalized spacial score (nSPS) is 11.4. The Morgan fingerprint density at radius 3 is 1.86 bits per heavy atom. The maximum atomic E-state index is 2.35. The number of hydrogen-bond donors (Lipinski definition) is 0. The topological polar surface area (TPSA) is 3.24 Å². The van der Waals surface area contributed by atoms with Gasteiger partial charge >= 0.3 is 0 Å². The summed E-state index contributed by atoms with van der Waals surface area (Å²) in [6.45, 7) is 6.77. The molecule has 0 spiro atoms. The third-order valence-electron chi connectivity index (χ3n) is 5.15. The van der Waals surface area contributed by atoms with Crippen LogP contribution in [0, 0.1) is 0 Å². The Hall–Kier alpha value is -2.78. The Morgan fingerprint density at radius 1 is 0.690 bits per heavy atom. The first kappa shape index (κ1) is 19.5. The molecule has 0 unspecified atom stereocenters. The minimum absolute atomic E-state index is 0.149. The largest absolute Gasteiger partial charge is 0.302 e. The number of benzene rings is 3. The molecule has 144 valence electrons. The van der Waals surface area contributed by atoms with E-state index >= 15 is 0 Å². The van der Waals surface area contributed by atoms with E-state index in [4.69, 9.17) is 0 Å². The smallest absolute Gasteiger partial charge is 0.139 e. The van der Waals surface area contributed by atoms with Crippen LogP contribution in [0.5, 0.6) is 0 Å². The molecular weight excluding hydrogens is 369 g/mol. The Balaban J connectivity index is 1.77. The third kappa shape index (κ3) is 4.30. The molecule has 3 aromatic carbocycles. The van der Waals surface area contributed by atoms with Crippen molar-refractivity contribution in [1.82, 2.24) is 0 Å². The zero-order valence-corrected chi connectivity index (χ0v) is 18.3. The van der Waals surface area contributed by atoms with Crippen LogP contribution in [0.1, 0.15) is 26.3 Å². The lowest BCUT2D eigenvalue weighted by Gasteiger charge is -2.25. The number of hydrogen-bond acceptors (Lipinski definition) is 2. The highest BCUT2D eigenvalue weighted by atomic mass is 32.1. The van der Waals surface area contributed by atoms with Crippen molar-refractivity contribution in [3.8, 4) is 10.4 Å². The zero-order valence-electron chi connectivity index (χ0n) is 17.5. The number of thiophene rings is 1. The zero-order chi connectivity index (χ0) is 20.4. The maximum absolute atomic E-state index is 2.35. The Labute approximate surface area is 179 Å². The molecule has 1 nitrogen and oxygen atoms in total. The summed E-state index contributed by atoms with van der Waals surface area (Å²) in [5.74, 6) is 0. The van der Waals surface area contributed by atoms with Crippen molar-refractivity contribution in [1.29, 1.82) is 0 Å². The van der Waals surface area contributed by atoms with Gasteiger partial charge in [-0.05, 0) is 52.9 Å². The third-order valence-corrected chi connectivity index (χ3v) is 6.27. The van der Waals surface area contributed by atoms with Crippen molar-refractivity contribution in [3.63, 3.8) is 0 Å². The van der Waals surface area contributed by atoms with Gasteiger partial charge in [0.15, 0.2) is 0 Å². The first-order chi connectivity index (χ1) is 13.9. The molecule has 0 radical (unpaired) electrons. The Kier molecular flexibility index (Phi) is 5.34. The van der Waals surface area contributed by atoms with E-state index in [0.717, 1.165) is 0 Å². The summed E-state index contributed by atoms with van der Waals surface area (Å²) in [6.07, 6.45) is 0. The number of nitrogens with zero attached hydrogens (tertiary/aromatic N) is 1. The van der Waals surface area contributed by atoms with E-state index in [1.54, 1.807) is 0 Å². The van der Waals surface area contributed by atoms with Gasteiger partial charge in [0.1, 0.15) is 12.8 Å². The summed E-state index contributed by atoms with van der Waals surface area (Å²) in [7, 11) is 2.13. The predicted molar refractivity (Wildman–Crippen MR) is 131 cm³/mol.